The third-order valence-electron chi connectivity index (χ3n) is 10.4. The van der Waals surface area contributed by atoms with E-state index in [9.17, 15) is 14.6 Å². The van der Waals surface area contributed by atoms with Crippen LogP contribution in [0.4, 0.5) is 0 Å². The number of fused-ring (bicyclic) bond motifs is 6. The molecule has 4 fully saturated rings. The first-order valence-electron chi connectivity index (χ1n) is 16.8. The van der Waals surface area contributed by atoms with Crippen molar-refractivity contribution in [2.45, 2.75) is 88.9 Å². The fraction of sp³-hybridized carbons (Fsp3) is 0.500. The molecule has 2 aromatic heterocycles. The highest BCUT2D eigenvalue weighted by atomic mass is 16.5. The van der Waals surface area contributed by atoms with E-state index in [2.05, 4.69) is 4.81 Å². The van der Waals surface area contributed by atoms with Gasteiger partial charge >= 0.3 is 18.3 Å². The monoisotopic (exact) mass is 643 g/mol. The lowest BCUT2D eigenvalue weighted by Gasteiger charge is -2.39. The van der Waals surface area contributed by atoms with Crippen LogP contribution in [0, 0.1) is 11.8 Å². The molecular weight excluding hydrogens is 601 g/mol. The van der Waals surface area contributed by atoms with Crippen molar-refractivity contribution in [2.75, 3.05) is 14.2 Å². The second kappa shape index (κ2) is 13.3. The van der Waals surface area contributed by atoms with Gasteiger partial charge in [-0.1, -0.05) is 12.8 Å². The minimum absolute atomic E-state index is 0.120. The van der Waals surface area contributed by atoms with Gasteiger partial charge < -0.3 is 37.6 Å². The highest BCUT2D eigenvalue weighted by Crippen LogP contribution is 2.43. The average Bonchev–Trinajstić information content (AvgIpc) is 3.54. The van der Waals surface area contributed by atoms with Crippen LogP contribution in [0.2, 0.25) is 6.82 Å². The van der Waals surface area contributed by atoms with Gasteiger partial charge in [0.15, 0.2) is 0 Å². The SMILES string of the molecule is COc1cc2ccc(OC3C[C@H]4CC[C@@H](C3)C4)cc2oc1=O.COc1cc2ccc(OC3C[C@H]4CC[C@@H](C3)N4B(C)O)cc2oc1=O. The van der Waals surface area contributed by atoms with Gasteiger partial charge in [0.25, 0.3) is 0 Å². The summed E-state index contributed by atoms with van der Waals surface area (Å²) in [7, 11) is 2.51. The van der Waals surface area contributed by atoms with Crippen molar-refractivity contribution in [1.82, 2.24) is 4.81 Å². The molecule has 0 radical (unpaired) electrons. The van der Waals surface area contributed by atoms with Gasteiger partial charge in [0.2, 0.25) is 11.5 Å². The second-order valence-corrected chi connectivity index (χ2v) is 13.5. The van der Waals surface area contributed by atoms with Crippen molar-refractivity contribution < 1.29 is 32.8 Å². The second-order valence-electron chi connectivity index (χ2n) is 13.5. The van der Waals surface area contributed by atoms with Gasteiger partial charge in [-0.3, -0.25) is 0 Å². The van der Waals surface area contributed by atoms with E-state index in [1.54, 1.807) is 18.2 Å². The van der Waals surface area contributed by atoms with Crippen LogP contribution in [-0.4, -0.2) is 55.4 Å². The summed E-state index contributed by atoms with van der Waals surface area (Å²) >= 11 is 0. The molecule has 4 bridgehead atoms. The molecule has 4 aromatic rings. The van der Waals surface area contributed by atoms with E-state index in [4.69, 9.17) is 27.8 Å². The molecule has 2 aliphatic heterocycles. The van der Waals surface area contributed by atoms with Crippen LogP contribution >= 0.6 is 0 Å². The summed E-state index contributed by atoms with van der Waals surface area (Å²) in [6, 6.07) is 15.3. The van der Waals surface area contributed by atoms with Crippen molar-refractivity contribution in [2.24, 2.45) is 11.8 Å². The summed E-state index contributed by atoms with van der Waals surface area (Å²) in [4.78, 5) is 25.7. The minimum atomic E-state index is -0.490. The smallest absolute Gasteiger partial charge is 0.379 e. The molecule has 0 spiro atoms. The Hall–Kier alpha value is -3.96. The summed E-state index contributed by atoms with van der Waals surface area (Å²) in [5.41, 5.74) is 0.0908. The summed E-state index contributed by atoms with van der Waals surface area (Å²) < 4.78 is 32.9. The molecule has 4 heterocycles. The summed E-state index contributed by atoms with van der Waals surface area (Å²) in [5.74, 6) is 3.59. The van der Waals surface area contributed by atoms with Crippen molar-refractivity contribution >= 4 is 29.0 Å². The third kappa shape index (κ3) is 6.74. The van der Waals surface area contributed by atoms with Gasteiger partial charge in [0, 0.05) is 35.0 Å². The first-order chi connectivity index (χ1) is 22.8. The number of nitrogens with zero attached hydrogens (tertiary/aromatic N) is 1. The lowest BCUT2D eigenvalue weighted by molar-refractivity contribution is 0.0864. The Morgan fingerprint density at radius 1 is 0.681 bits per heavy atom. The standard InChI is InChI=1S/C18H22BNO5.C18H20O4/c1-19(22)20-12-4-5-13(20)9-15(8-12)24-14-6-3-11-7-17(23-2)18(21)25-16(11)10-14;1-20-17-9-13-4-5-14(10-16(13)22-18(17)19)21-15-7-11-2-3-12(6-11)8-15/h3,6-7,10,12-13,15,22H,4-5,8-9H2,1-2H3;4-5,9-12,15H,2-3,6-8H2,1H3/t12-,13+,15?;11-,12+,15?. The quantitative estimate of drug-likeness (QED) is 0.188. The van der Waals surface area contributed by atoms with E-state index in [-0.39, 0.29) is 17.6 Å². The highest BCUT2D eigenvalue weighted by Gasteiger charge is 2.44. The normalized spacial score (nSPS) is 26.5. The van der Waals surface area contributed by atoms with E-state index < -0.39 is 18.3 Å². The number of methoxy groups -OCH3 is 2. The Morgan fingerprint density at radius 3 is 1.60 bits per heavy atom. The molecule has 1 N–H and O–H groups in total. The zero-order valence-corrected chi connectivity index (χ0v) is 27.2. The number of rotatable bonds is 7. The highest BCUT2D eigenvalue weighted by molar-refractivity contribution is 6.45. The number of hydrogen-bond acceptors (Lipinski definition) is 10. The van der Waals surface area contributed by atoms with Crippen LogP contribution in [0.25, 0.3) is 21.9 Å². The number of ether oxygens (including phenoxy) is 4. The Labute approximate surface area is 273 Å². The van der Waals surface area contributed by atoms with Gasteiger partial charge in [-0.05, 0) is 100 Å². The lowest BCUT2D eigenvalue weighted by atomic mass is 9.79. The first-order valence-corrected chi connectivity index (χ1v) is 16.8. The first kappa shape index (κ1) is 31.6. The van der Waals surface area contributed by atoms with Crippen LogP contribution in [0.15, 0.2) is 67.0 Å². The van der Waals surface area contributed by atoms with E-state index in [1.165, 1.54) is 33.5 Å². The van der Waals surface area contributed by atoms with Crippen molar-refractivity contribution in [3.63, 3.8) is 0 Å². The van der Waals surface area contributed by atoms with Crippen LogP contribution in [-0.2, 0) is 0 Å². The summed E-state index contributed by atoms with van der Waals surface area (Å²) in [6.07, 6.45) is 10.9. The van der Waals surface area contributed by atoms with E-state index in [0.717, 1.165) is 66.9 Å². The molecule has 2 unspecified atom stereocenters. The molecular formula is C36H42BNO9. The lowest BCUT2D eigenvalue weighted by Crippen LogP contribution is -2.52. The van der Waals surface area contributed by atoms with Crippen molar-refractivity contribution in [3.8, 4) is 23.0 Å². The molecule has 8 rings (SSSR count). The molecule has 248 valence electrons. The van der Waals surface area contributed by atoms with Crippen LogP contribution in [0.1, 0.15) is 57.8 Å². The van der Waals surface area contributed by atoms with Crippen LogP contribution < -0.4 is 30.2 Å². The fourth-order valence-electron chi connectivity index (χ4n) is 8.37. The summed E-state index contributed by atoms with van der Waals surface area (Å²) in [6.45, 7) is 1.84. The Balaban J connectivity index is 0.000000151. The molecule has 2 aromatic carbocycles. The molecule has 6 atom stereocenters. The molecule has 2 saturated heterocycles. The predicted octanol–water partition coefficient (Wildman–Crippen LogP) is 6.05. The number of benzene rings is 2. The summed E-state index contributed by atoms with van der Waals surface area (Å²) in [5, 5.41) is 11.6. The van der Waals surface area contributed by atoms with Crippen LogP contribution in [0.3, 0.4) is 0 Å². The molecule has 10 nitrogen and oxygen atoms in total. The molecule has 47 heavy (non-hydrogen) atoms. The van der Waals surface area contributed by atoms with Gasteiger partial charge in [0.05, 0.1) is 20.3 Å². The van der Waals surface area contributed by atoms with E-state index >= 15 is 0 Å². The minimum Gasteiger partial charge on any atom is -0.490 e. The van der Waals surface area contributed by atoms with Gasteiger partial charge in [-0.2, -0.15) is 0 Å². The maximum atomic E-state index is 11.8. The average molecular weight is 644 g/mol. The maximum absolute atomic E-state index is 11.8. The van der Waals surface area contributed by atoms with Gasteiger partial charge in [0.1, 0.15) is 28.8 Å². The Bertz CT molecular complexity index is 1830. The molecule has 2 saturated carbocycles. The van der Waals surface area contributed by atoms with Crippen LogP contribution in [0.5, 0.6) is 23.0 Å². The van der Waals surface area contributed by atoms with Crippen molar-refractivity contribution in [3.05, 3.63) is 69.4 Å². The molecule has 0 amide bonds. The predicted molar refractivity (Wildman–Crippen MR) is 179 cm³/mol. The van der Waals surface area contributed by atoms with E-state index in [1.807, 2.05) is 37.2 Å². The molecule has 4 aliphatic rings. The van der Waals surface area contributed by atoms with Gasteiger partial charge in [-0.15, -0.1) is 0 Å². The Kier molecular flexibility index (Phi) is 8.94. The topological polar surface area (TPSA) is 121 Å². The fourth-order valence-corrected chi connectivity index (χ4v) is 8.37. The van der Waals surface area contributed by atoms with Gasteiger partial charge in [-0.25, -0.2) is 9.59 Å². The molecule has 11 heteroatoms. The Morgan fingerprint density at radius 2 is 1.15 bits per heavy atom. The largest absolute Gasteiger partial charge is 0.490 e. The third-order valence-corrected chi connectivity index (χ3v) is 10.4. The number of hydrogen-bond donors (Lipinski definition) is 1. The van der Waals surface area contributed by atoms with E-state index in [0.29, 0.717) is 35.1 Å². The zero-order valence-electron chi connectivity index (χ0n) is 27.2. The number of piperidine rings is 1. The maximum Gasteiger partial charge on any atom is 0.379 e. The zero-order chi connectivity index (χ0) is 32.7. The van der Waals surface area contributed by atoms with Crippen molar-refractivity contribution in [1.29, 1.82) is 0 Å². The molecule has 2 aliphatic carbocycles.